The summed E-state index contributed by atoms with van der Waals surface area (Å²) in [5.74, 6) is 2.54. The molecule has 1 aliphatic heterocycles. The molecule has 0 spiro atoms. The van der Waals surface area contributed by atoms with Crippen molar-refractivity contribution in [1.82, 2.24) is 14.1 Å². The molecule has 0 bridgehead atoms. The largest absolute Gasteiger partial charge is 0.465 e. The summed E-state index contributed by atoms with van der Waals surface area (Å²) in [6.07, 6.45) is 8.30. The predicted octanol–water partition coefficient (Wildman–Crippen LogP) is 5.57. The first-order valence-corrected chi connectivity index (χ1v) is 14.8. The number of anilines is 2. The third-order valence-corrected chi connectivity index (χ3v) is 8.40. The summed E-state index contributed by atoms with van der Waals surface area (Å²) in [4.78, 5) is 13.6. The van der Waals surface area contributed by atoms with Gasteiger partial charge in [-0.25, -0.2) is 4.79 Å². The van der Waals surface area contributed by atoms with Crippen molar-refractivity contribution in [3.63, 3.8) is 0 Å². The van der Waals surface area contributed by atoms with E-state index in [2.05, 4.69) is 48.5 Å². The lowest BCUT2D eigenvalue weighted by atomic mass is 9.85. The third kappa shape index (κ3) is 8.28. The average Bonchev–Trinajstić information content (AvgIpc) is 3.41. The number of hydrogen-bond acceptors (Lipinski definition) is 8. The van der Waals surface area contributed by atoms with Crippen LogP contribution in [0.4, 0.5) is 16.4 Å². The third-order valence-electron chi connectivity index (χ3n) is 7.88. The van der Waals surface area contributed by atoms with Crippen LogP contribution in [-0.4, -0.2) is 65.4 Å². The van der Waals surface area contributed by atoms with E-state index >= 15 is 0 Å². The normalized spacial score (nSPS) is 21.0. The number of carboxylic acid groups (broad SMARTS) is 1. The van der Waals surface area contributed by atoms with Gasteiger partial charge in [-0.3, -0.25) is 0 Å². The topological polar surface area (TPSA) is 109 Å². The van der Waals surface area contributed by atoms with E-state index in [0.29, 0.717) is 25.0 Å². The van der Waals surface area contributed by atoms with Gasteiger partial charge in [-0.05, 0) is 37.7 Å². The molecule has 3 N–H and O–H groups in total. The number of nitrogens with zero attached hydrogens (tertiary/aromatic N) is 3. The summed E-state index contributed by atoms with van der Waals surface area (Å²) >= 11 is 1.21. The standard InChI is InChI=1S/C28H43N5O4S/c1-20(36-2)19-37-25(22-12-7-4-8-13-22)23-14-9-15-33(18-23)27-26(31-38-32-27)30-24(17-29-28(34)35)16-21-10-5-3-6-11-21/h4,7-8,12-13,20-21,23-25,29H,3,5-6,9-11,14-19H2,1-2H3,(H,30,31)(H,34,35). The van der Waals surface area contributed by atoms with Crippen molar-refractivity contribution in [3.05, 3.63) is 35.9 Å². The molecule has 1 saturated carbocycles. The Morgan fingerprint density at radius 1 is 1.16 bits per heavy atom. The van der Waals surface area contributed by atoms with Crippen molar-refractivity contribution in [2.45, 2.75) is 76.5 Å². The van der Waals surface area contributed by atoms with Crippen LogP contribution in [0, 0.1) is 11.8 Å². The second-order valence-electron chi connectivity index (χ2n) is 10.8. The summed E-state index contributed by atoms with van der Waals surface area (Å²) < 4.78 is 21.2. The second-order valence-corrected chi connectivity index (χ2v) is 11.3. The highest BCUT2D eigenvalue weighted by Crippen LogP contribution is 2.37. The number of nitrogens with one attached hydrogen (secondary N) is 2. The number of methoxy groups -OCH3 is 1. The molecule has 2 fully saturated rings. The zero-order valence-corrected chi connectivity index (χ0v) is 23.5. The monoisotopic (exact) mass is 545 g/mol. The Hall–Kier alpha value is -2.43. The molecule has 2 aliphatic rings. The van der Waals surface area contributed by atoms with E-state index in [0.717, 1.165) is 44.0 Å². The number of amides is 1. The molecule has 1 aliphatic carbocycles. The number of ether oxygens (including phenoxy) is 2. The molecule has 4 rings (SSSR count). The number of carbonyl (C=O) groups is 1. The van der Waals surface area contributed by atoms with E-state index in [4.69, 9.17) is 9.47 Å². The zero-order chi connectivity index (χ0) is 26.7. The maximum absolute atomic E-state index is 11.3. The van der Waals surface area contributed by atoms with Gasteiger partial charge in [-0.2, -0.15) is 8.75 Å². The quantitative estimate of drug-likeness (QED) is 0.300. The molecule has 10 heteroatoms. The van der Waals surface area contributed by atoms with Crippen molar-refractivity contribution in [3.8, 4) is 0 Å². The number of benzene rings is 1. The van der Waals surface area contributed by atoms with E-state index < -0.39 is 6.09 Å². The maximum atomic E-state index is 11.3. The van der Waals surface area contributed by atoms with E-state index in [1.165, 1.54) is 49.4 Å². The molecule has 210 valence electrons. The van der Waals surface area contributed by atoms with Crippen LogP contribution in [0.5, 0.6) is 0 Å². The lowest BCUT2D eigenvalue weighted by molar-refractivity contribution is -0.0461. The van der Waals surface area contributed by atoms with Gasteiger partial charge in [0.15, 0.2) is 11.6 Å². The molecule has 2 aromatic rings. The van der Waals surface area contributed by atoms with Gasteiger partial charge in [-0.1, -0.05) is 62.4 Å². The Kier molecular flexibility index (Phi) is 11.0. The molecule has 1 amide bonds. The van der Waals surface area contributed by atoms with Gasteiger partial charge in [-0.15, -0.1) is 0 Å². The predicted molar refractivity (Wildman–Crippen MR) is 151 cm³/mol. The molecule has 9 nitrogen and oxygen atoms in total. The molecule has 1 aromatic carbocycles. The fraction of sp³-hybridized carbons (Fsp3) is 0.679. The first-order chi connectivity index (χ1) is 18.5. The van der Waals surface area contributed by atoms with Gasteiger partial charge in [0.2, 0.25) is 0 Å². The van der Waals surface area contributed by atoms with Gasteiger partial charge >= 0.3 is 6.09 Å². The van der Waals surface area contributed by atoms with Crippen LogP contribution < -0.4 is 15.5 Å². The molecule has 2 heterocycles. The van der Waals surface area contributed by atoms with Crippen molar-refractivity contribution in [2.24, 2.45) is 11.8 Å². The van der Waals surface area contributed by atoms with Gasteiger partial charge in [0.05, 0.1) is 30.5 Å². The van der Waals surface area contributed by atoms with E-state index in [9.17, 15) is 9.90 Å². The molecule has 38 heavy (non-hydrogen) atoms. The van der Waals surface area contributed by atoms with Crippen LogP contribution in [0.15, 0.2) is 30.3 Å². The average molecular weight is 546 g/mol. The zero-order valence-electron chi connectivity index (χ0n) is 22.7. The lowest BCUT2D eigenvalue weighted by Gasteiger charge is -2.38. The molecule has 0 radical (unpaired) electrons. The van der Waals surface area contributed by atoms with E-state index in [1.807, 2.05) is 13.0 Å². The summed E-state index contributed by atoms with van der Waals surface area (Å²) in [6.45, 7) is 4.65. The van der Waals surface area contributed by atoms with Crippen molar-refractivity contribution < 1.29 is 19.4 Å². The minimum Gasteiger partial charge on any atom is -0.465 e. The van der Waals surface area contributed by atoms with Crippen molar-refractivity contribution >= 4 is 29.5 Å². The highest BCUT2D eigenvalue weighted by Gasteiger charge is 2.32. The van der Waals surface area contributed by atoms with Crippen LogP contribution in [0.1, 0.15) is 70.0 Å². The van der Waals surface area contributed by atoms with Crippen LogP contribution in [-0.2, 0) is 9.47 Å². The number of piperidine rings is 1. The Labute approximate surface area is 230 Å². The first kappa shape index (κ1) is 28.6. The van der Waals surface area contributed by atoms with Gasteiger partial charge in [0.1, 0.15) is 0 Å². The molecular formula is C28H43N5O4S. The van der Waals surface area contributed by atoms with Crippen LogP contribution in [0.3, 0.4) is 0 Å². The Balaban J connectivity index is 1.46. The van der Waals surface area contributed by atoms with Crippen LogP contribution in [0.25, 0.3) is 0 Å². The molecular weight excluding hydrogens is 502 g/mol. The summed E-state index contributed by atoms with van der Waals surface area (Å²) in [7, 11) is 1.71. The maximum Gasteiger partial charge on any atom is 0.404 e. The second kappa shape index (κ2) is 14.6. The fourth-order valence-electron chi connectivity index (χ4n) is 5.81. The highest BCUT2D eigenvalue weighted by atomic mass is 32.1. The molecule has 4 atom stereocenters. The van der Waals surface area contributed by atoms with E-state index in [1.54, 1.807) is 7.11 Å². The summed E-state index contributed by atoms with van der Waals surface area (Å²) in [5, 5.41) is 15.4. The van der Waals surface area contributed by atoms with Crippen molar-refractivity contribution in [2.75, 3.05) is 43.6 Å². The van der Waals surface area contributed by atoms with E-state index in [-0.39, 0.29) is 18.2 Å². The fourth-order valence-corrected chi connectivity index (χ4v) is 6.34. The minimum atomic E-state index is -0.995. The van der Waals surface area contributed by atoms with Gasteiger partial charge in [0.25, 0.3) is 0 Å². The number of aromatic nitrogens is 2. The van der Waals surface area contributed by atoms with Crippen LogP contribution >= 0.6 is 11.7 Å². The Morgan fingerprint density at radius 3 is 2.68 bits per heavy atom. The Morgan fingerprint density at radius 2 is 1.95 bits per heavy atom. The summed E-state index contributed by atoms with van der Waals surface area (Å²) in [6, 6.07) is 10.4. The number of rotatable bonds is 13. The minimum absolute atomic E-state index is 0.0200. The Bertz CT molecular complexity index is 971. The summed E-state index contributed by atoms with van der Waals surface area (Å²) in [5.41, 5.74) is 1.18. The smallest absolute Gasteiger partial charge is 0.404 e. The highest BCUT2D eigenvalue weighted by molar-refractivity contribution is 6.99. The molecule has 4 unspecified atom stereocenters. The lowest BCUT2D eigenvalue weighted by Crippen LogP contribution is -2.40. The van der Waals surface area contributed by atoms with Crippen LogP contribution in [0.2, 0.25) is 0 Å². The van der Waals surface area contributed by atoms with Gasteiger partial charge in [0, 0.05) is 38.7 Å². The van der Waals surface area contributed by atoms with Gasteiger partial charge < -0.3 is 30.1 Å². The SMILES string of the molecule is COC(C)COC(c1ccccc1)C1CCCN(c2nsnc2NC(CNC(=O)O)CC2CCCCC2)C1. The molecule has 1 aromatic heterocycles. The molecule has 1 saturated heterocycles. The van der Waals surface area contributed by atoms with Crippen molar-refractivity contribution in [1.29, 1.82) is 0 Å². The first-order valence-electron chi connectivity index (χ1n) is 14.0. The number of hydrogen-bond donors (Lipinski definition) is 3.